The minimum atomic E-state index is -3.17. The Morgan fingerprint density at radius 3 is 2.59 bits per heavy atom. The Bertz CT molecular complexity index is 872. The molecule has 1 heterocycles. The molecular weight excluding hydrogens is 400 g/mol. The van der Waals surface area contributed by atoms with E-state index >= 15 is 0 Å². The molecule has 1 saturated heterocycles. The quantitative estimate of drug-likeness (QED) is 0.392. The number of sulfone groups is 1. The fourth-order valence-electron chi connectivity index (χ4n) is 2.91. The van der Waals surface area contributed by atoms with Gasteiger partial charge in [-0.15, -0.1) is 0 Å². The number of rotatable bonds is 6. The Kier molecular flexibility index (Phi) is 6.42. The molecule has 0 aromatic heterocycles. The lowest BCUT2D eigenvalue weighted by atomic mass is 10.2. The number of non-ortho nitro benzene ring substituents is 1. The van der Waals surface area contributed by atoms with Crippen LogP contribution in [0.3, 0.4) is 0 Å². The minimum Gasteiger partial charge on any atom is -0.449 e. The van der Waals surface area contributed by atoms with Crippen molar-refractivity contribution in [1.82, 2.24) is 4.90 Å². The van der Waals surface area contributed by atoms with E-state index in [0.717, 1.165) is 18.2 Å². The van der Waals surface area contributed by atoms with Crippen molar-refractivity contribution in [2.45, 2.75) is 32.4 Å². The maximum absolute atomic E-state index is 12.6. The van der Waals surface area contributed by atoms with Gasteiger partial charge in [0.25, 0.3) is 11.6 Å². The maximum atomic E-state index is 12.6. The third-order valence-electron chi connectivity index (χ3n) is 4.29. The van der Waals surface area contributed by atoms with Gasteiger partial charge in [0.2, 0.25) is 0 Å². The van der Waals surface area contributed by atoms with Crippen molar-refractivity contribution >= 4 is 39.0 Å². The number of likely N-dealkylation sites (N-methyl/N-ethyl adjacent to an activating group) is 1. The van der Waals surface area contributed by atoms with Crippen LogP contribution >= 0.6 is 11.6 Å². The minimum absolute atomic E-state index is 0.0218. The average molecular weight is 419 g/mol. The van der Waals surface area contributed by atoms with Crippen LogP contribution in [0.5, 0.6) is 0 Å². The lowest BCUT2D eigenvalue weighted by Gasteiger charge is -2.29. The van der Waals surface area contributed by atoms with Crippen LogP contribution in [-0.4, -0.2) is 60.3 Å². The van der Waals surface area contributed by atoms with Gasteiger partial charge in [0.05, 0.1) is 27.0 Å². The second kappa shape index (κ2) is 8.22. The molecule has 1 aliphatic rings. The van der Waals surface area contributed by atoms with Crippen LogP contribution in [0.15, 0.2) is 18.2 Å². The fraction of sp³-hybridized carbons (Fsp3) is 0.500. The first-order chi connectivity index (χ1) is 12.6. The van der Waals surface area contributed by atoms with E-state index in [2.05, 4.69) is 0 Å². The van der Waals surface area contributed by atoms with E-state index in [1.54, 1.807) is 6.92 Å². The molecule has 27 heavy (non-hydrogen) atoms. The zero-order valence-corrected chi connectivity index (χ0v) is 16.3. The summed E-state index contributed by atoms with van der Waals surface area (Å²) in [6.45, 7) is 3.37. The number of ether oxygens (including phenoxy) is 1. The van der Waals surface area contributed by atoms with Gasteiger partial charge in [-0.25, -0.2) is 13.2 Å². The second-order valence-corrected chi connectivity index (χ2v) is 8.79. The van der Waals surface area contributed by atoms with Crippen molar-refractivity contribution in [2.75, 3.05) is 18.1 Å². The van der Waals surface area contributed by atoms with Crippen LogP contribution in [0.4, 0.5) is 5.69 Å². The molecule has 1 aromatic carbocycles. The van der Waals surface area contributed by atoms with Gasteiger partial charge in [0.1, 0.15) is 0 Å². The largest absolute Gasteiger partial charge is 0.449 e. The molecular formula is C16H19ClN2O7S. The van der Waals surface area contributed by atoms with E-state index in [1.165, 1.54) is 11.8 Å². The molecule has 0 unspecified atom stereocenters. The Labute approximate surface area is 161 Å². The van der Waals surface area contributed by atoms with Crippen molar-refractivity contribution in [3.63, 3.8) is 0 Å². The lowest BCUT2D eigenvalue weighted by molar-refractivity contribution is -0.384. The van der Waals surface area contributed by atoms with E-state index in [-0.39, 0.29) is 34.3 Å². The van der Waals surface area contributed by atoms with Gasteiger partial charge in [-0.2, -0.15) is 0 Å². The summed E-state index contributed by atoms with van der Waals surface area (Å²) < 4.78 is 28.4. The highest BCUT2D eigenvalue weighted by atomic mass is 35.5. The lowest BCUT2D eigenvalue weighted by Crippen LogP contribution is -2.46. The standard InChI is InChI=1S/C16H19ClN2O7S/c1-3-18(12-6-7-27(24,25)9-12)15(20)10(2)26-16(21)13-5-4-11(19(22)23)8-14(13)17/h4-5,8,10,12H,3,6-7,9H2,1-2H3/t10-,12-/m0/s1. The molecule has 2 rings (SSSR count). The highest BCUT2D eigenvalue weighted by Crippen LogP contribution is 2.24. The van der Waals surface area contributed by atoms with Gasteiger partial charge in [-0.05, 0) is 26.3 Å². The summed E-state index contributed by atoms with van der Waals surface area (Å²) in [4.78, 5) is 36.3. The molecule has 0 spiro atoms. The van der Waals surface area contributed by atoms with Crippen LogP contribution in [0.1, 0.15) is 30.6 Å². The molecule has 0 N–H and O–H groups in total. The number of benzene rings is 1. The van der Waals surface area contributed by atoms with Crippen molar-refractivity contribution in [3.8, 4) is 0 Å². The zero-order valence-electron chi connectivity index (χ0n) is 14.8. The number of carbonyl (C=O) groups is 2. The van der Waals surface area contributed by atoms with Gasteiger partial charge >= 0.3 is 5.97 Å². The van der Waals surface area contributed by atoms with Crippen LogP contribution in [0.25, 0.3) is 0 Å². The molecule has 1 fully saturated rings. The molecule has 0 radical (unpaired) electrons. The van der Waals surface area contributed by atoms with Crippen molar-refractivity contribution < 1.29 is 27.7 Å². The third-order valence-corrected chi connectivity index (χ3v) is 6.35. The molecule has 0 aliphatic carbocycles. The van der Waals surface area contributed by atoms with Crippen LogP contribution in [0, 0.1) is 10.1 Å². The van der Waals surface area contributed by atoms with E-state index in [0.29, 0.717) is 6.42 Å². The molecule has 11 heteroatoms. The molecule has 0 saturated carbocycles. The summed E-state index contributed by atoms with van der Waals surface area (Å²) in [5.41, 5.74) is -0.381. The first-order valence-electron chi connectivity index (χ1n) is 8.21. The molecule has 9 nitrogen and oxygen atoms in total. The van der Waals surface area contributed by atoms with Crippen LogP contribution in [0.2, 0.25) is 5.02 Å². The number of nitrogens with zero attached hydrogens (tertiary/aromatic N) is 2. The highest BCUT2D eigenvalue weighted by molar-refractivity contribution is 7.91. The number of amides is 1. The molecule has 1 aromatic rings. The number of halogens is 1. The second-order valence-electron chi connectivity index (χ2n) is 6.15. The summed E-state index contributed by atoms with van der Waals surface area (Å²) in [6.07, 6.45) is -0.816. The maximum Gasteiger partial charge on any atom is 0.340 e. The zero-order chi connectivity index (χ0) is 20.4. The first kappa shape index (κ1) is 21.1. The number of esters is 1. The summed E-state index contributed by atoms with van der Waals surface area (Å²) in [7, 11) is -3.17. The van der Waals surface area contributed by atoms with Crippen molar-refractivity contribution in [2.24, 2.45) is 0 Å². The van der Waals surface area contributed by atoms with Gasteiger partial charge in [-0.1, -0.05) is 11.6 Å². The Balaban J connectivity index is 2.09. The molecule has 1 amide bonds. The smallest absolute Gasteiger partial charge is 0.340 e. The summed E-state index contributed by atoms with van der Waals surface area (Å²) in [6, 6.07) is 2.83. The van der Waals surface area contributed by atoms with Gasteiger partial charge < -0.3 is 9.64 Å². The van der Waals surface area contributed by atoms with Crippen molar-refractivity contribution in [3.05, 3.63) is 38.9 Å². The van der Waals surface area contributed by atoms with Crippen LogP contribution in [-0.2, 0) is 19.4 Å². The number of hydrogen-bond acceptors (Lipinski definition) is 7. The third kappa shape index (κ3) is 4.95. The van der Waals surface area contributed by atoms with Crippen LogP contribution < -0.4 is 0 Å². The van der Waals surface area contributed by atoms with Crippen molar-refractivity contribution in [1.29, 1.82) is 0 Å². The summed E-state index contributed by atoms with van der Waals surface area (Å²) in [5, 5.41) is 10.6. The predicted molar refractivity (Wildman–Crippen MR) is 97.4 cm³/mol. The van der Waals surface area contributed by atoms with E-state index < -0.39 is 38.8 Å². The Morgan fingerprint density at radius 2 is 2.11 bits per heavy atom. The number of nitro groups is 1. The molecule has 148 valence electrons. The van der Waals surface area contributed by atoms with E-state index in [9.17, 15) is 28.1 Å². The monoisotopic (exact) mass is 418 g/mol. The number of carbonyl (C=O) groups excluding carboxylic acids is 2. The fourth-order valence-corrected chi connectivity index (χ4v) is 4.89. The topological polar surface area (TPSA) is 124 Å². The Morgan fingerprint density at radius 1 is 1.44 bits per heavy atom. The highest BCUT2D eigenvalue weighted by Gasteiger charge is 2.36. The van der Waals surface area contributed by atoms with Gasteiger partial charge in [0.15, 0.2) is 15.9 Å². The number of hydrogen-bond donors (Lipinski definition) is 0. The molecule has 2 atom stereocenters. The average Bonchev–Trinajstić information content (AvgIpc) is 2.94. The van der Waals surface area contributed by atoms with E-state index in [4.69, 9.17) is 16.3 Å². The predicted octanol–water partition coefficient (Wildman–Crippen LogP) is 1.83. The molecule has 0 bridgehead atoms. The summed E-state index contributed by atoms with van der Waals surface area (Å²) >= 11 is 5.89. The van der Waals surface area contributed by atoms with Gasteiger partial charge in [0, 0.05) is 24.7 Å². The van der Waals surface area contributed by atoms with E-state index in [1.807, 2.05) is 0 Å². The van der Waals surface area contributed by atoms with Gasteiger partial charge in [-0.3, -0.25) is 14.9 Å². The number of nitro benzene ring substituents is 1. The summed E-state index contributed by atoms with van der Waals surface area (Å²) in [5.74, 6) is -1.49. The normalized spacial score (nSPS) is 19.3. The molecule has 1 aliphatic heterocycles. The first-order valence-corrected chi connectivity index (χ1v) is 10.4. The SMILES string of the molecule is CCN(C(=O)[C@H](C)OC(=O)c1ccc([N+](=O)[O-])cc1Cl)[C@H]1CCS(=O)(=O)C1. The Hall–Kier alpha value is -2.20.